The van der Waals surface area contributed by atoms with Crippen LogP contribution in [0.25, 0.3) is 0 Å². The van der Waals surface area contributed by atoms with E-state index in [0.29, 0.717) is 5.69 Å². The standard InChI is InChI=1S/C18H20N3P.C2H4O2.2H2O.Ru/c19-17-13-7-8-14-18(17)22(20,21,15-9-3-1-4-10-15)16-11-5-2-6-12-16;1-2(3)4;;;/h1-14H,19-21H2;1H3,(H,3,4);2*1H2;. The van der Waals surface area contributed by atoms with Crippen LogP contribution in [0.4, 0.5) is 5.69 Å². The number of nitrogens with two attached hydrogens (primary N) is 3. The molecule has 3 aromatic carbocycles. The van der Waals surface area contributed by atoms with Crippen LogP contribution in [0.2, 0.25) is 0 Å². The summed E-state index contributed by atoms with van der Waals surface area (Å²) in [5.41, 5.74) is 20.9. The summed E-state index contributed by atoms with van der Waals surface area (Å²) in [4.78, 5) is 9.00. The topological polar surface area (TPSA) is 178 Å². The zero-order valence-electron chi connectivity index (χ0n) is 16.0. The van der Waals surface area contributed by atoms with Crippen molar-refractivity contribution in [3.8, 4) is 0 Å². The average Bonchev–Trinajstić information content (AvgIpc) is 2.63. The Balaban J connectivity index is 0. The molecule has 7 nitrogen and oxygen atoms in total. The van der Waals surface area contributed by atoms with Gasteiger partial charge in [-0.25, -0.2) is 0 Å². The molecule has 9 heteroatoms. The molecule has 0 aliphatic rings. The number of para-hydroxylation sites is 1. The second-order valence-electron chi connectivity index (χ2n) is 6.01. The zero-order valence-corrected chi connectivity index (χ0v) is 18.6. The van der Waals surface area contributed by atoms with Gasteiger partial charge in [-0.05, 0) is 0 Å². The Morgan fingerprint density at radius 2 is 1.07 bits per heavy atom. The van der Waals surface area contributed by atoms with Gasteiger partial charge in [0.2, 0.25) is 0 Å². The minimum Gasteiger partial charge on any atom is -0.412 e. The van der Waals surface area contributed by atoms with E-state index in [4.69, 9.17) is 26.6 Å². The Bertz CT molecular complexity index is 849. The number of hydrogen-bond acceptors (Lipinski definition) is 4. The van der Waals surface area contributed by atoms with Gasteiger partial charge >= 0.3 is 130 Å². The predicted molar refractivity (Wildman–Crippen MR) is 118 cm³/mol. The van der Waals surface area contributed by atoms with Gasteiger partial charge < -0.3 is 16.1 Å². The van der Waals surface area contributed by atoms with E-state index >= 15 is 0 Å². The number of benzene rings is 3. The molecule has 0 amide bonds. The monoisotopic (exact) mass is 507 g/mol. The number of hydrogen-bond donors (Lipinski definition) is 4. The van der Waals surface area contributed by atoms with Crippen molar-refractivity contribution in [2.75, 3.05) is 5.73 Å². The molecule has 160 valence electrons. The van der Waals surface area contributed by atoms with Crippen LogP contribution in [0, 0.1) is 0 Å². The van der Waals surface area contributed by atoms with E-state index in [2.05, 4.69) is 0 Å². The largest absolute Gasteiger partial charge is 0.412 e. The van der Waals surface area contributed by atoms with E-state index in [1.165, 1.54) is 0 Å². The van der Waals surface area contributed by atoms with Crippen LogP contribution in [0.15, 0.2) is 84.9 Å². The third kappa shape index (κ3) is 6.15. The minimum absolute atomic E-state index is 0. The molecule has 0 radical (unpaired) electrons. The third-order valence-corrected chi connectivity index (χ3v) is 8.35. The van der Waals surface area contributed by atoms with Gasteiger partial charge in [-0.2, -0.15) is 0 Å². The molecular weight excluding hydrogens is 478 g/mol. The number of aliphatic carboxylic acids is 1. The smallest absolute Gasteiger partial charge is 0 e. The van der Waals surface area contributed by atoms with E-state index in [-0.39, 0.29) is 30.4 Å². The molecule has 0 fully saturated rings. The molecule has 0 aromatic heterocycles. The molecule has 0 atom stereocenters. The number of carboxylic acids is 1. The van der Waals surface area contributed by atoms with Crippen LogP contribution in [0.1, 0.15) is 6.92 Å². The number of carboxylic acid groups (broad SMARTS) is 1. The summed E-state index contributed by atoms with van der Waals surface area (Å²) in [5.74, 6) is -0.833. The summed E-state index contributed by atoms with van der Waals surface area (Å²) in [6, 6.07) is 27.3. The van der Waals surface area contributed by atoms with Crippen LogP contribution in [0.5, 0.6) is 0 Å². The van der Waals surface area contributed by atoms with Crippen molar-refractivity contribution in [3.63, 3.8) is 0 Å². The van der Waals surface area contributed by atoms with E-state index in [0.717, 1.165) is 22.8 Å². The fourth-order valence-corrected chi connectivity index (χ4v) is 6.37. The second kappa shape index (κ2) is 11.7. The molecule has 29 heavy (non-hydrogen) atoms. The van der Waals surface area contributed by atoms with Crippen molar-refractivity contribution < 1.29 is 40.3 Å². The Morgan fingerprint density at radius 3 is 1.41 bits per heavy atom. The molecule has 3 rings (SSSR count). The van der Waals surface area contributed by atoms with Crippen LogP contribution >= 0.6 is 6.90 Å². The van der Waals surface area contributed by atoms with Gasteiger partial charge in [0.25, 0.3) is 5.97 Å². The zero-order chi connectivity index (χ0) is 19.2. The van der Waals surface area contributed by atoms with Gasteiger partial charge in [0.1, 0.15) is 0 Å². The minimum atomic E-state index is -3.55. The summed E-state index contributed by atoms with van der Waals surface area (Å²) in [6.45, 7) is -2.46. The Kier molecular flexibility index (Phi) is 11.7. The quantitative estimate of drug-likeness (QED) is 0.226. The fourth-order valence-electron chi connectivity index (χ4n) is 2.85. The third-order valence-electron chi connectivity index (χ3n) is 4.08. The van der Waals surface area contributed by atoms with Crippen molar-refractivity contribution in [1.29, 1.82) is 0 Å². The van der Waals surface area contributed by atoms with E-state index < -0.39 is 12.9 Å². The summed E-state index contributed by atoms with van der Waals surface area (Å²) in [6.07, 6.45) is 0. The van der Waals surface area contributed by atoms with Gasteiger partial charge in [-0.3, -0.25) is 4.79 Å². The predicted octanol–water partition coefficient (Wildman–Crippen LogP) is 0.285. The van der Waals surface area contributed by atoms with E-state index in [1.54, 1.807) is 0 Å². The first-order valence-corrected chi connectivity index (χ1v) is 10.4. The normalized spacial score (nSPS) is 10.9. The van der Waals surface area contributed by atoms with E-state index in [1.807, 2.05) is 84.9 Å². The van der Waals surface area contributed by atoms with Crippen LogP contribution in [-0.2, 0) is 24.3 Å². The Labute approximate surface area is 183 Å². The van der Waals surface area contributed by atoms with E-state index in [9.17, 15) is 0 Å². The first-order valence-electron chi connectivity index (χ1n) is 8.05. The first kappa shape index (κ1) is 29.0. The van der Waals surface area contributed by atoms with Crippen LogP contribution < -0.4 is 32.7 Å². The maximum absolute atomic E-state index is 9.00. The molecule has 0 saturated carbocycles. The van der Waals surface area contributed by atoms with Gasteiger partial charge in [-0.15, -0.1) is 0 Å². The maximum Gasteiger partial charge on any atom is 0 e. The van der Waals surface area contributed by atoms with Crippen molar-refractivity contribution in [2.24, 2.45) is 11.0 Å². The van der Waals surface area contributed by atoms with Gasteiger partial charge in [0, 0.05) is 26.4 Å². The fraction of sp³-hybridized carbons (Fsp3) is 0.0500. The maximum atomic E-state index is 9.00. The number of rotatable bonds is 3. The molecule has 0 saturated heterocycles. The SMILES string of the molecule is CC(=O)O.Nc1ccccc1P(N)(N)(c1ccccc1)c1ccccc1.O.O.[Ru]. The van der Waals surface area contributed by atoms with Crippen molar-refractivity contribution in [3.05, 3.63) is 84.9 Å². The Morgan fingerprint density at radius 1 is 0.759 bits per heavy atom. The van der Waals surface area contributed by atoms with Crippen molar-refractivity contribution >= 4 is 34.5 Å². The van der Waals surface area contributed by atoms with Gasteiger partial charge in [-0.1, -0.05) is 0 Å². The van der Waals surface area contributed by atoms with Crippen molar-refractivity contribution in [1.82, 2.24) is 0 Å². The molecule has 3 aromatic rings. The molecule has 0 bridgehead atoms. The number of anilines is 1. The molecule has 11 N–H and O–H groups in total. The molecule has 0 aliphatic carbocycles. The molecular formula is C20H28N3O4PRu. The molecule has 0 spiro atoms. The Hall–Kier alpha value is -2.18. The summed E-state index contributed by atoms with van der Waals surface area (Å²) in [5, 5.41) is 10.1. The summed E-state index contributed by atoms with van der Waals surface area (Å²) in [7, 11) is 0. The van der Waals surface area contributed by atoms with Gasteiger partial charge in [0.05, 0.1) is 0 Å². The number of carbonyl (C=O) groups is 1. The van der Waals surface area contributed by atoms with Gasteiger partial charge in [0.15, 0.2) is 0 Å². The number of nitrogen functional groups attached to an aromatic ring is 1. The first-order chi connectivity index (χ1) is 12.3. The summed E-state index contributed by atoms with van der Waals surface area (Å²) >= 11 is 0. The molecule has 0 unspecified atom stereocenters. The summed E-state index contributed by atoms with van der Waals surface area (Å²) < 4.78 is 0. The molecule has 0 heterocycles. The van der Waals surface area contributed by atoms with Crippen molar-refractivity contribution in [2.45, 2.75) is 6.92 Å². The second-order valence-corrected chi connectivity index (χ2v) is 10.0. The van der Waals surface area contributed by atoms with Crippen LogP contribution in [-0.4, -0.2) is 22.0 Å². The average molecular weight is 507 g/mol. The van der Waals surface area contributed by atoms with Crippen LogP contribution in [0.3, 0.4) is 0 Å². The molecule has 0 aliphatic heterocycles.